The number of methoxy groups -OCH3 is 1. The lowest BCUT2D eigenvalue weighted by atomic mass is 10.2. The van der Waals surface area contributed by atoms with E-state index in [0.717, 1.165) is 9.87 Å². The number of ether oxygens (including phenoxy) is 2. The summed E-state index contributed by atoms with van der Waals surface area (Å²) in [4.78, 5) is 24.9. The van der Waals surface area contributed by atoms with E-state index < -0.39 is 28.4 Å². The van der Waals surface area contributed by atoms with Crippen molar-refractivity contribution >= 4 is 44.9 Å². The first-order valence-electron chi connectivity index (χ1n) is 10.7. The molecule has 0 bridgehead atoms. The molecule has 0 aliphatic carbocycles. The molecule has 0 aromatic heterocycles. The average molecular weight is 517 g/mol. The van der Waals surface area contributed by atoms with Crippen molar-refractivity contribution in [2.45, 2.75) is 18.7 Å². The molecule has 0 unspecified atom stereocenters. The van der Waals surface area contributed by atoms with Gasteiger partial charge in [0.05, 0.1) is 40.6 Å². The van der Waals surface area contributed by atoms with Gasteiger partial charge in [-0.2, -0.15) is 0 Å². The number of sulfonamides is 1. The quantitative estimate of drug-likeness (QED) is 0.415. The van der Waals surface area contributed by atoms with Gasteiger partial charge in [0, 0.05) is 0 Å². The lowest BCUT2D eigenvalue weighted by Crippen LogP contribution is -2.38. The van der Waals surface area contributed by atoms with E-state index in [-0.39, 0.29) is 33.5 Å². The Morgan fingerprint density at radius 2 is 1.66 bits per heavy atom. The number of aryl methyl sites for hydroxylation is 1. The van der Waals surface area contributed by atoms with Gasteiger partial charge < -0.3 is 14.8 Å². The van der Waals surface area contributed by atoms with Crippen molar-refractivity contribution in [3.05, 3.63) is 82.9 Å². The van der Waals surface area contributed by atoms with Crippen LogP contribution in [0.25, 0.3) is 0 Å². The summed E-state index contributed by atoms with van der Waals surface area (Å²) in [5, 5.41) is 2.72. The Bertz CT molecular complexity index is 1310. The number of nitrogens with one attached hydrogen (secondary N) is 1. The van der Waals surface area contributed by atoms with Gasteiger partial charge in [-0.3, -0.25) is 9.10 Å². The van der Waals surface area contributed by atoms with Crippen molar-refractivity contribution < 1.29 is 27.5 Å². The van der Waals surface area contributed by atoms with E-state index in [1.54, 1.807) is 43.3 Å². The molecule has 3 aromatic rings. The van der Waals surface area contributed by atoms with Crippen molar-refractivity contribution in [3.8, 4) is 5.75 Å². The molecule has 0 radical (unpaired) electrons. The minimum Gasteiger partial charge on any atom is -0.497 e. The first kappa shape index (κ1) is 26.1. The first-order valence-corrected chi connectivity index (χ1v) is 12.5. The maximum Gasteiger partial charge on any atom is 0.338 e. The number of benzene rings is 3. The Morgan fingerprint density at radius 3 is 2.23 bits per heavy atom. The van der Waals surface area contributed by atoms with Crippen molar-refractivity contribution in [3.63, 3.8) is 0 Å². The minimum absolute atomic E-state index is 0.0449. The Labute approximate surface area is 209 Å². The summed E-state index contributed by atoms with van der Waals surface area (Å²) >= 11 is 6.24. The Balaban J connectivity index is 1.89. The predicted octanol–water partition coefficient (Wildman–Crippen LogP) is 4.67. The van der Waals surface area contributed by atoms with E-state index >= 15 is 0 Å². The van der Waals surface area contributed by atoms with Crippen LogP contribution in [-0.4, -0.2) is 40.6 Å². The van der Waals surface area contributed by atoms with E-state index in [9.17, 15) is 18.0 Å². The van der Waals surface area contributed by atoms with E-state index in [1.807, 2.05) is 6.92 Å². The van der Waals surface area contributed by atoms with Gasteiger partial charge in [-0.25, -0.2) is 13.2 Å². The third kappa shape index (κ3) is 6.32. The fourth-order valence-corrected chi connectivity index (χ4v) is 4.83. The van der Waals surface area contributed by atoms with E-state index in [2.05, 4.69) is 5.32 Å². The average Bonchev–Trinajstić information content (AvgIpc) is 2.84. The number of amides is 1. The van der Waals surface area contributed by atoms with Crippen molar-refractivity contribution in [1.29, 1.82) is 0 Å². The molecule has 0 saturated heterocycles. The van der Waals surface area contributed by atoms with Gasteiger partial charge in [0.1, 0.15) is 12.3 Å². The molecule has 1 amide bonds. The van der Waals surface area contributed by atoms with Gasteiger partial charge in [0.15, 0.2) is 0 Å². The van der Waals surface area contributed by atoms with Crippen LogP contribution >= 0.6 is 11.6 Å². The molecule has 0 spiro atoms. The van der Waals surface area contributed by atoms with Gasteiger partial charge in [-0.15, -0.1) is 0 Å². The highest BCUT2D eigenvalue weighted by Gasteiger charge is 2.27. The number of anilines is 2. The highest BCUT2D eigenvalue weighted by atomic mass is 35.5. The van der Waals surface area contributed by atoms with Crippen molar-refractivity contribution in [1.82, 2.24) is 0 Å². The standard InChI is InChI=1S/C25H25ClN2O6S/c1-4-34-25(30)18-7-14-23(22(26)15-18)27-24(29)16-28(19-8-10-20(33-3)11-9-19)35(31,32)21-12-5-17(2)6-13-21/h5-15H,4,16H2,1-3H3,(H,27,29). The number of nitrogens with zero attached hydrogens (tertiary/aromatic N) is 1. The number of carbonyl (C=O) groups is 2. The van der Waals surface area contributed by atoms with E-state index in [0.29, 0.717) is 5.75 Å². The minimum atomic E-state index is -4.07. The summed E-state index contributed by atoms with van der Waals surface area (Å²) in [6.07, 6.45) is 0. The zero-order valence-corrected chi connectivity index (χ0v) is 21.0. The summed E-state index contributed by atoms with van der Waals surface area (Å²) in [6.45, 7) is 3.24. The summed E-state index contributed by atoms with van der Waals surface area (Å²) < 4.78 is 38.0. The Morgan fingerprint density at radius 1 is 1.00 bits per heavy atom. The third-order valence-corrected chi connectivity index (χ3v) is 7.11. The van der Waals surface area contributed by atoms with Crippen LogP contribution in [0.1, 0.15) is 22.8 Å². The maximum atomic E-state index is 13.5. The van der Waals surface area contributed by atoms with Gasteiger partial charge in [-0.05, 0) is 68.4 Å². The molecule has 0 aliphatic rings. The zero-order chi connectivity index (χ0) is 25.6. The van der Waals surface area contributed by atoms with Gasteiger partial charge in [0.25, 0.3) is 10.0 Å². The molecule has 8 nitrogen and oxygen atoms in total. The fourth-order valence-electron chi connectivity index (χ4n) is 3.18. The molecular weight excluding hydrogens is 492 g/mol. The van der Waals surface area contributed by atoms with Crippen LogP contribution in [-0.2, 0) is 19.6 Å². The SMILES string of the molecule is CCOC(=O)c1ccc(NC(=O)CN(c2ccc(OC)cc2)S(=O)(=O)c2ccc(C)cc2)c(Cl)c1. The molecule has 3 aromatic carbocycles. The lowest BCUT2D eigenvalue weighted by molar-refractivity contribution is -0.114. The molecule has 0 aliphatic heterocycles. The van der Waals surface area contributed by atoms with Gasteiger partial charge >= 0.3 is 5.97 Å². The first-order chi connectivity index (χ1) is 16.6. The van der Waals surface area contributed by atoms with Gasteiger partial charge in [-0.1, -0.05) is 29.3 Å². The summed E-state index contributed by atoms with van der Waals surface area (Å²) in [5.41, 5.74) is 1.65. The number of hydrogen-bond acceptors (Lipinski definition) is 6. The fraction of sp³-hybridized carbons (Fsp3) is 0.200. The number of hydrogen-bond donors (Lipinski definition) is 1. The Kier molecular flexibility index (Phi) is 8.37. The molecular formula is C25H25ClN2O6S. The van der Waals surface area contributed by atoms with Crippen LogP contribution in [0, 0.1) is 6.92 Å². The topological polar surface area (TPSA) is 102 Å². The van der Waals surface area contributed by atoms with Crippen LogP contribution < -0.4 is 14.4 Å². The van der Waals surface area contributed by atoms with Crippen LogP contribution in [0.4, 0.5) is 11.4 Å². The smallest absolute Gasteiger partial charge is 0.338 e. The number of carbonyl (C=O) groups excluding carboxylic acids is 2. The zero-order valence-electron chi connectivity index (χ0n) is 19.4. The van der Waals surface area contributed by atoms with Crippen molar-refractivity contribution in [2.24, 2.45) is 0 Å². The largest absolute Gasteiger partial charge is 0.497 e. The molecule has 0 heterocycles. The predicted molar refractivity (Wildman–Crippen MR) is 135 cm³/mol. The van der Waals surface area contributed by atoms with Crippen LogP contribution in [0.3, 0.4) is 0 Å². The van der Waals surface area contributed by atoms with E-state index in [4.69, 9.17) is 21.1 Å². The monoisotopic (exact) mass is 516 g/mol. The third-order valence-electron chi connectivity index (χ3n) is 5.01. The Hall–Kier alpha value is -3.56. The summed E-state index contributed by atoms with van der Waals surface area (Å²) in [6, 6.07) is 17.0. The molecule has 0 atom stereocenters. The second-order valence-electron chi connectivity index (χ2n) is 7.49. The molecule has 10 heteroatoms. The lowest BCUT2D eigenvalue weighted by Gasteiger charge is -2.24. The van der Waals surface area contributed by atoms with Crippen molar-refractivity contribution in [2.75, 3.05) is 29.9 Å². The van der Waals surface area contributed by atoms with Crippen LogP contribution in [0.5, 0.6) is 5.75 Å². The normalized spacial score (nSPS) is 11.0. The number of rotatable bonds is 9. The van der Waals surface area contributed by atoms with Gasteiger partial charge in [0.2, 0.25) is 5.91 Å². The molecule has 184 valence electrons. The molecule has 0 saturated carbocycles. The number of esters is 1. The molecule has 0 fully saturated rings. The summed E-state index contributed by atoms with van der Waals surface area (Å²) in [5.74, 6) is -0.621. The second kappa shape index (κ2) is 11.2. The highest BCUT2D eigenvalue weighted by Crippen LogP contribution is 2.27. The number of halogens is 1. The van der Waals surface area contributed by atoms with Crippen LogP contribution in [0.15, 0.2) is 71.6 Å². The molecule has 3 rings (SSSR count). The molecule has 1 N–H and O–H groups in total. The van der Waals surface area contributed by atoms with Crippen LogP contribution in [0.2, 0.25) is 5.02 Å². The highest BCUT2D eigenvalue weighted by molar-refractivity contribution is 7.92. The molecule has 35 heavy (non-hydrogen) atoms. The van der Waals surface area contributed by atoms with E-state index in [1.165, 1.54) is 37.4 Å². The second-order valence-corrected chi connectivity index (χ2v) is 9.76. The maximum absolute atomic E-state index is 13.5. The summed E-state index contributed by atoms with van der Waals surface area (Å²) in [7, 11) is -2.57.